The third-order valence-corrected chi connectivity index (χ3v) is 2.82. The van der Waals surface area contributed by atoms with Crippen LogP contribution in [0.4, 0.5) is 0 Å². The molecular weight excluding hydrogens is 248 g/mol. The van der Waals surface area contributed by atoms with Crippen LogP contribution in [-0.4, -0.2) is 23.3 Å². The highest BCUT2D eigenvalue weighted by Crippen LogP contribution is 2.06. The van der Waals surface area contributed by atoms with Crippen LogP contribution in [0.1, 0.15) is 12.1 Å². The molecule has 0 aliphatic carbocycles. The van der Waals surface area contributed by atoms with Crippen molar-refractivity contribution in [2.75, 3.05) is 13.7 Å². The van der Waals surface area contributed by atoms with Gasteiger partial charge in [-0.15, -0.1) is 0 Å². The first-order chi connectivity index (χ1) is 6.66. The maximum absolute atomic E-state index is 11.6. The lowest BCUT2D eigenvalue weighted by Gasteiger charge is -2.05. The summed E-state index contributed by atoms with van der Waals surface area (Å²) < 4.78 is 7.03. The van der Waals surface area contributed by atoms with Crippen molar-refractivity contribution in [3.63, 3.8) is 0 Å². The molecule has 0 unspecified atom stereocenters. The lowest BCUT2D eigenvalue weighted by Crippen LogP contribution is -2.22. The van der Waals surface area contributed by atoms with Gasteiger partial charge in [-0.3, -0.25) is 9.36 Å². The number of aromatic nitrogens is 2. The molecule has 0 amide bonds. The highest BCUT2D eigenvalue weighted by Gasteiger charge is 2.04. The second-order valence-corrected chi connectivity index (χ2v) is 3.78. The summed E-state index contributed by atoms with van der Waals surface area (Å²) in [6.45, 7) is 3.08. The summed E-state index contributed by atoms with van der Waals surface area (Å²) in [4.78, 5) is 15.7. The van der Waals surface area contributed by atoms with Gasteiger partial charge in [0.2, 0.25) is 0 Å². The van der Waals surface area contributed by atoms with Gasteiger partial charge >= 0.3 is 0 Å². The Balaban J connectivity index is 2.79. The van der Waals surface area contributed by atoms with Crippen LogP contribution < -0.4 is 5.56 Å². The molecule has 1 aromatic heterocycles. The first kappa shape index (κ1) is 11.4. The van der Waals surface area contributed by atoms with E-state index in [0.717, 1.165) is 12.1 Å². The largest absolute Gasteiger partial charge is 0.385 e. The lowest BCUT2D eigenvalue weighted by molar-refractivity contribution is 0.190. The van der Waals surface area contributed by atoms with E-state index in [1.165, 1.54) is 0 Å². The summed E-state index contributed by atoms with van der Waals surface area (Å²) in [6, 6.07) is 0. The molecule has 5 heteroatoms. The topological polar surface area (TPSA) is 44.1 Å². The monoisotopic (exact) mass is 260 g/mol. The number of methoxy groups -OCH3 is 1. The van der Waals surface area contributed by atoms with E-state index in [4.69, 9.17) is 4.74 Å². The van der Waals surface area contributed by atoms with E-state index >= 15 is 0 Å². The smallest absolute Gasteiger partial charge is 0.267 e. The van der Waals surface area contributed by atoms with Crippen molar-refractivity contribution in [3.05, 3.63) is 26.8 Å². The minimum atomic E-state index is -0.0337. The van der Waals surface area contributed by atoms with Gasteiger partial charge in [0.25, 0.3) is 5.56 Å². The zero-order valence-corrected chi connectivity index (χ0v) is 9.87. The zero-order valence-electron chi connectivity index (χ0n) is 8.29. The van der Waals surface area contributed by atoms with Crippen LogP contribution in [0.3, 0.4) is 0 Å². The molecule has 0 spiro atoms. The van der Waals surface area contributed by atoms with E-state index in [1.54, 1.807) is 24.9 Å². The van der Waals surface area contributed by atoms with Gasteiger partial charge in [0.05, 0.1) is 12.0 Å². The van der Waals surface area contributed by atoms with Gasteiger partial charge in [0.15, 0.2) is 0 Å². The van der Waals surface area contributed by atoms with Gasteiger partial charge < -0.3 is 4.74 Å². The number of rotatable bonds is 4. The standard InChI is InChI=1S/C9H13BrN2O2/c1-7-8(10)9(13)12(6-11-7)4-3-5-14-2/h6H,3-5H2,1-2H3. The Labute approximate surface area is 91.0 Å². The molecule has 14 heavy (non-hydrogen) atoms. The summed E-state index contributed by atoms with van der Waals surface area (Å²) in [7, 11) is 1.64. The first-order valence-electron chi connectivity index (χ1n) is 4.37. The molecule has 0 N–H and O–H groups in total. The second-order valence-electron chi connectivity index (χ2n) is 2.99. The van der Waals surface area contributed by atoms with E-state index in [1.807, 2.05) is 0 Å². The third kappa shape index (κ3) is 2.65. The highest BCUT2D eigenvalue weighted by molar-refractivity contribution is 9.10. The molecular formula is C9H13BrN2O2. The van der Waals surface area contributed by atoms with Gasteiger partial charge in [-0.1, -0.05) is 0 Å². The molecule has 0 saturated heterocycles. The Morgan fingerprint density at radius 2 is 2.36 bits per heavy atom. The van der Waals surface area contributed by atoms with E-state index in [2.05, 4.69) is 20.9 Å². The number of hydrogen-bond donors (Lipinski definition) is 0. The van der Waals surface area contributed by atoms with Crippen LogP contribution >= 0.6 is 15.9 Å². The molecule has 0 aliphatic heterocycles. The average molecular weight is 261 g/mol. The van der Waals surface area contributed by atoms with E-state index in [0.29, 0.717) is 17.6 Å². The van der Waals surface area contributed by atoms with Gasteiger partial charge in [-0.2, -0.15) is 0 Å². The Hall–Kier alpha value is -0.680. The number of nitrogens with zero attached hydrogens (tertiary/aromatic N) is 2. The molecule has 0 bridgehead atoms. The maximum Gasteiger partial charge on any atom is 0.267 e. The third-order valence-electron chi connectivity index (χ3n) is 1.90. The zero-order chi connectivity index (χ0) is 10.6. The first-order valence-corrected chi connectivity index (χ1v) is 5.16. The van der Waals surface area contributed by atoms with Crippen molar-refractivity contribution >= 4 is 15.9 Å². The Kier molecular flexibility index (Phi) is 4.28. The minimum absolute atomic E-state index is 0.0337. The summed E-state index contributed by atoms with van der Waals surface area (Å²) in [5.41, 5.74) is 0.687. The molecule has 0 atom stereocenters. The molecule has 4 nitrogen and oxygen atoms in total. The summed E-state index contributed by atoms with van der Waals surface area (Å²) in [6.07, 6.45) is 2.38. The number of ether oxygens (including phenoxy) is 1. The Bertz CT molecular complexity index is 362. The average Bonchev–Trinajstić information content (AvgIpc) is 2.18. The summed E-state index contributed by atoms with van der Waals surface area (Å²) >= 11 is 3.21. The molecule has 0 radical (unpaired) electrons. The van der Waals surface area contributed by atoms with Gasteiger partial charge in [-0.25, -0.2) is 4.98 Å². The van der Waals surface area contributed by atoms with Crippen LogP contribution in [0.15, 0.2) is 15.6 Å². The molecule has 1 rings (SSSR count). The fraction of sp³-hybridized carbons (Fsp3) is 0.556. The van der Waals surface area contributed by atoms with Crippen LogP contribution in [0.25, 0.3) is 0 Å². The SMILES string of the molecule is COCCCn1cnc(C)c(Br)c1=O. The van der Waals surface area contributed by atoms with Crippen LogP contribution in [0.2, 0.25) is 0 Å². The molecule has 0 aliphatic rings. The Morgan fingerprint density at radius 3 is 3.00 bits per heavy atom. The predicted octanol–water partition coefficient (Wildman–Crippen LogP) is 1.35. The fourth-order valence-electron chi connectivity index (χ4n) is 1.08. The normalized spacial score (nSPS) is 10.5. The molecule has 1 heterocycles. The molecule has 0 saturated carbocycles. The molecule has 1 aromatic rings. The van der Waals surface area contributed by atoms with E-state index < -0.39 is 0 Å². The quantitative estimate of drug-likeness (QED) is 0.768. The van der Waals surface area contributed by atoms with E-state index in [-0.39, 0.29) is 5.56 Å². The maximum atomic E-state index is 11.6. The fourth-order valence-corrected chi connectivity index (χ4v) is 1.41. The van der Waals surface area contributed by atoms with Crippen molar-refractivity contribution in [1.82, 2.24) is 9.55 Å². The van der Waals surface area contributed by atoms with Crippen molar-refractivity contribution in [2.24, 2.45) is 0 Å². The van der Waals surface area contributed by atoms with Gasteiger partial charge in [0.1, 0.15) is 4.47 Å². The summed E-state index contributed by atoms with van der Waals surface area (Å²) in [5.74, 6) is 0. The predicted molar refractivity (Wildman–Crippen MR) is 57.4 cm³/mol. The summed E-state index contributed by atoms with van der Waals surface area (Å²) in [5, 5.41) is 0. The number of halogens is 1. The molecule has 78 valence electrons. The van der Waals surface area contributed by atoms with Crippen molar-refractivity contribution in [3.8, 4) is 0 Å². The second kappa shape index (κ2) is 5.26. The highest BCUT2D eigenvalue weighted by atomic mass is 79.9. The van der Waals surface area contributed by atoms with Crippen molar-refractivity contribution in [2.45, 2.75) is 19.9 Å². The number of aryl methyl sites for hydroxylation is 2. The van der Waals surface area contributed by atoms with Crippen LogP contribution in [0.5, 0.6) is 0 Å². The minimum Gasteiger partial charge on any atom is -0.385 e. The molecule has 0 fully saturated rings. The van der Waals surface area contributed by atoms with Crippen LogP contribution in [-0.2, 0) is 11.3 Å². The Morgan fingerprint density at radius 1 is 1.64 bits per heavy atom. The van der Waals surface area contributed by atoms with Crippen molar-refractivity contribution in [1.29, 1.82) is 0 Å². The van der Waals surface area contributed by atoms with E-state index in [9.17, 15) is 4.79 Å². The number of hydrogen-bond acceptors (Lipinski definition) is 3. The van der Waals surface area contributed by atoms with Crippen molar-refractivity contribution < 1.29 is 4.74 Å². The lowest BCUT2D eigenvalue weighted by atomic mass is 10.4. The van der Waals surface area contributed by atoms with Crippen LogP contribution in [0, 0.1) is 6.92 Å². The van der Waals surface area contributed by atoms with Gasteiger partial charge in [-0.05, 0) is 29.3 Å². The molecule has 0 aromatic carbocycles. The van der Waals surface area contributed by atoms with Gasteiger partial charge in [0, 0.05) is 20.3 Å².